The van der Waals surface area contributed by atoms with Gasteiger partial charge in [0, 0.05) is 32.2 Å². The first-order valence-corrected chi connectivity index (χ1v) is 10.9. The molecule has 1 aliphatic heterocycles. The molecule has 1 atom stereocenters. The molecule has 2 heterocycles. The lowest BCUT2D eigenvalue weighted by molar-refractivity contribution is 0.0475. The Morgan fingerprint density at radius 2 is 1.81 bits per heavy atom. The monoisotopic (exact) mass is 427 g/mol. The van der Waals surface area contributed by atoms with Crippen LogP contribution in [-0.2, 0) is 11.3 Å². The van der Waals surface area contributed by atoms with Crippen LogP contribution in [-0.4, -0.2) is 58.8 Å². The Balaban J connectivity index is 1.32. The number of amides is 1. The summed E-state index contributed by atoms with van der Waals surface area (Å²) in [6.07, 6.45) is 4.63. The number of rotatable bonds is 9. The van der Waals surface area contributed by atoms with Crippen molar-refractivity contribution in [3.63, 3.8) is 0 Å². The van der Waals surface area contributed by atoms with E-state index < -0.39 is 0 Å². The van der Waals surface area contributed by atoms with Crippen molar-refractivity contribution in [3.8, 4) is 5.75 Å². The van der Waals surface area contributed by atoms with Gasteiger partial charge in [-0.3, -0.25) is 4.90 Å². The van der Waals surface area contributed by atoms with Gasteiger partial charge >= 0.3 is 6.09 Å². The largest absolute Gasteiger partial charge is 0.488 e. The minimum absolute atomic E-state index is 0.0379. The van der Waals surface area contributed by atoms with E-state index in [1.807, 2.05) is 26.8 Å². The Hall–Kier alpha value is -2.87. The maximum Gasteiger partial charge on any atom is 0.407 e. The van der Waals surface area contributed by atoms with Gasteiger partial charge in [0.15, 0.2) is 5.75 Å². The second kappa shape index (κ2) is 11.5. The fourth-order valence-corrected chi connectivity index (χ4v) is 3.45. The van der Waals surface area contributed by atoms with Crippen molar-refractivity contribution in [2.24, 2.45) is 0 Å². The number of hydrogen-bond acceptors (Lipinski definition) is 7. The Kier molecular flexibility index (Phi) is 8.46. The Morgan fingerprint density at radius 1 is 1.13 bits per heavy atom. The SMILES string of the molecule is CC(C)Oc1cnc(NC[C@@H](C)NC(=O)OC2CCN(Cc3ccccc3)CC2)nc1. The van der Waals surface area contributed by atoms with Crippen molar-refractivity contribution in [2.45, 2.75) is 58.4 Å². The van der Waals surface area contributed by atoms with Crippen LogP contribution in [0.1, 0.15) is 39.2 Å². The topological polar surface area (TPSA) is 88.6 Å². The van der Waals surface area contributed by atoms with Crippen molar-refractivity contribution in [2.75, 3.05) is 25.0 Å². The van der Waals surface area contributed by atoms with Crippen LogP contribution in [0.15, 0.2) is 42.7 Å². The van der Waals surface area contributed by atoms with Crippen molar-refractivity contribution >= 4 is 12.0 Å². The maximum absolute atomic E-state index is 12.2. The van der Waals surface area contributed by atoms with E-state index in [2.05, 4.69) is 49.8 Å². The summed E-state index contributed by atoms with van der Waals surface area (Å²) in [5.41, 5.74) is 1.31. The lowest BCUT2D eigenvalue weighted by Gasteiger charge is -2.31. The summed E-state index contributed by atoms with van der Waals surface area (Å²) in [6.45, 7) is 9.10. The number of anilines is 1. The standard InChI is InChI=1S/C23H33N5O3/c1-17(2)30-21-14-25-22(26-15-21)24-13-18(3)27-23(29)31-20-9-11-28(12-10-20)16-19-7-5-4-6-8-19/h4-8,14-15,17-18,20H,9-13,16H2,1-3H3,(H,27,29)(H,24,25,26)/t18-/m1/s1. The average Bonchev–Trinajstić information content (AvgIpc) is 2.75. The van der Waals surface area contributed by atoms with Crippen molar-refractivity contribution in [3.05, 3.63) is 48.3 Å². The molecule has 2 aromatic rings. The minimum atomic E-state index is -0.377. The summed E-state index contributed by atoms with van der Waals surface area (Å²) in [4.78, 5) is 23.1. The van der Waals surface area contributed by atoms with E-state index in [0.717, 1.165) is 32.5 Å². The normalized spacial score (nSPS) is 16.0. The van der Waals surface area contributed by atoms with Crippen LogP contribution in [0, 0.1) is 0 Å². The molecule has 31 heavy (non-hydrogen) atoms. The number of hydrogen-bond donors (Lipinski definition) is 2. The Bertz CT molecular complexity index is 793. The lowest BCUT2D eigenvalue weighted by Crippen LogP contribution is -2.42. The number of ether oxygens (including phenoxy) is 2. The van der Waals surface area contributed by atoms with Crippen molar-refractivity contribution in [1.82, 2.24) is 20.2 Å². The zero-order chi connectivity index (χ0) is 22.1. The fraction of sp³-hybridized carbons (Fsp3) is 0.522. The van der Waals surface area contributed by atoms with Crippen LogP contribution in [0.5, 0.6) is 5.75 Å². The highest BCUT2D eigenvalue weighted by molar-refractivity contribution is 5.67. The highest BCUT2D eigenvalue weighted by Gasteiger charge is 2.23. The van der Waals surface area contributed by atoms with Crippen LogP contribution in [0.3, 0.4) is 0 Å². The van der Waals surface area contributed by atoms with E-state index >= 15 is 0 Å². The molecule has 0 aliphatic carbocycles. The van der Waals surface area contributed by atoms with Gasteiger partial charge in [0.1, 0.15) is 6.10 Å². The van der Waals surface area contributed by atoms with Gasteiger partial charge in [0.05, 0.1) is 18.5 Å². The molecule has 0 radical (unpaired) electrons. The van der Waals surface area contributed by atoms with Crippen LogP contribution in [0.4, 0.5) is 10.7 Å². The number of benzene rings is 1. The third-order valence-corrected chi connectivity index (χ3v) is 4.99. The number of nitrogens with one attached hydrogen (secondary N) is 2. The molecular weight excluding hydrogens is 394 g/mol. The molecule has 0 bridgehead atoms. The summed E-state index contributed by atoms with van der Waals surface area (Å²) in [5.74, 6) is 1.12. The molecule has 1 saturated heterocycles. The predicted octanol–water partition coefficient (Wildman–Crippen LogP) is 3.46. The summed E-state index contributed by atoms with van der Waals surface area (Å²) in [5, 5.41) is 5.98. The van der Waals surface area contributed by atoms with E-state index in [1.54, 1.807) is 12.4 Å². The van der Waals surface area contributed by atoms with Gasteiger partial charge in [-0.05, 0) is 39.2 Å². The van der Waals surface area contributed by atoms with E-state index in [9.17, 15) is 4.79 Å². The molecule has 1 fully saturated rings. The predicted molar refractivity (Wildman–Crippen MR) is 120 cm³/mol. The number of likely N-dealkylation sites (tertiary alicyclic amines) is 1. The molecular formula is C23H33N5O3. The third-order valence-electron chi connectivity index (χ3n) is 4.99. The van der Waals surface area contributed by atoms with E-state index in [4.69, 9.17) is 9.47 Å². The zero-order valence-corrected chi connectivity index (χ0v) is 18.6. The lowest BCUT2D eigenvalue weighted by atomic mass is 10.1. The molecule has 1 aromatic carbocycles. The summed E-state index contributed by atoms with van der Waals surface area (Å²) >= 11 is 0. The van der Waals surface area contributed by atoms with Gasteiger partial charge < -0.3 is 20.1 Å². The molecule has 0 spiro atoms. The van der Waals surface area contributed by atoms with Crippen LogP contribution in [0.25, 0.3) is 0 Å². The molecule has 1 amide bonds. The van der Waals surface area contributed by atoms with Crippen LogP contribution in [0.2, 0.25) is 0 Å². The number of carbonyl (C=O) groups is 1. The van der Waals surface area contributed by atoms with Gasteiger partial charge in [-0.25, -0.2) is 14.8 Å². The average molecular weight is 428 g/mol. The number of piperidine rings is 1. The van der Waals surface area contributed by atoms with Gasteiger partial charge in [-0.2, -0.15) is 0 Å². The molecule has 0 saturated carbocycles. The highest BCUT2D eigenvalue weighted by atomic mass is 16.6. The molecule has 8 heteroatoms. The fourth-order valence-electron chi connectivity index (χ4n) is 3.45. The molecule has 3 rings (SSSR count). The zero-order valence-electron chi connectivity index (χ0n) is 18.6. The van der Waals surface area contributed by atoms with E-state index in [1.165, 1.54) is 5.56 Å². The minimum Gasteiger partial charge on any atom is -0.488 e. The molecule has 8 nitrogen and oxygen atoms in total. The van der Waals surface area contributed by atoms with Gasteiger partial charge in [0.25, 0.3) is 0 Å². The first kappa shape index (κ1) is 22.8. The van der Waals surface area contributed by atoms with Crippen LogP contribution >= 0.6 is 0 Å². The number of aromatic nitrogens is 2. The second-order valence-corrected chi connectivity index (χ2v) is 8.20. The number of nitrogens with zero attached hydrogens (tertiary/aromatic N) is 3. The smallest absolute Gasteiger partial charge is 0.407 e. The molecule has 168 valence electrons. The van der Waals surface area contributed by atoms with Gasteiger partial charge in [0.2, 0.25) is 5.95 Å². The molecule has 1 aromatic heterocycles. The Labute approximate surface area is 184 Å². The van der Waals surface area contributed by atoms with Crippen LogP contribution < -0.4 is 15.4 Å². The molecule has 2 N–H and O–H groups in total. The number of carbonyl (C=O) groups excluding carboxylic acids is 1. The second-order valence-electron chi connectivity index (χ2n) is 8.20. The van der Waals surface area contributed by atoms with E-state index in [0.29, 0.717) is 18.2 Å². The first-order chi connectivity index (χ1) is 15.0. The molecule has 1 aliphatic rings. The highest BCUT2D eigenvalue weighted by Crippen LogP contribution is 2.16. The quantitative estimate of drug-likeness (QED) is 0.634. The first-order valence-electron chi connectivity index (χ1n) is 10.9. The van der Waals surface area contributed by atoms with Crippen molar-refractivity contribution in [1.29, 1.82) is 0 Å². The van der Waals surface area contributed by atoms with Gasteiger partial charge in [-0.1, -0.05) is 30.3 Å². The van der Waals surface area contributed by atoms with E-state index in [-0.39, 0.29) is 24.3 Å². The summed E-state index contributed by atoms with van der Waals surface area (Å²) in [6, 6.07) is 10.3. The number of alkyl carbamates (subject to hydrolysis) is 1. The summed E-state index contributed by atoms with van der Waals surface area (Å²) < 4.78 is 11.1. The van der Waals surface area contributed by atoms with Gasteiger partial charge in [-0.15, -0.1) is 0 Å². The third kappa shape index (κ3) is 8.05. The maximum atomic E-state index is 12.2. The molecule has 0 unspecified atom stereocenters. The van der Waals surface area contributed by atoms with Crippen molar-refractivity contribution < 1.29 is 14.3 Å². The summed E-state index contributed by atoms with van der Waals surface area (Å²) in [7, 11) is 0. The Morgan fingerprint density at radius 3 is 2.45 bits per heavy atom.